The minimum atomic E-state index is -0.0144. The number of nitrogens with one attached hydrogen (secondary N) is 1. The van der Waals surface area contributed by atoms with E-state index in [0.717, 1.165) is 16.5 Å². The van der Waals surface area contributed by atoms with Gasteiger partial charge in [-0.05, 0) is 42.9 Å². The van der Waals surface area contributed by atoms with Crippen molar-refractivity contribution < 1.29 is 9.53 Å². The molecule has 0 bridgehead atoms. The Morgan fingerprint density at radius 3 is 2.79 bits per heavy atom. The van der Waals surface area contributed by atoms with E-state index in [4.69, 9.17) is 4.74 Å². The number of benzene rings is 1. The third kappa shape index (κ3) is 3.39. The largest absolute Gasteiger partial charge is 0.370 e. The number of fused-ring (bicyclic) bond motifs is 1. The van der Waals surface area contributed by atoms with Crippen LogP contribution < -0.4 is 5.32 Å². The van der Waals surface area contributed by atoms with Gasteiger partial charge in [0.25, 0.3) is 0 Å². The zero-order valence-electron chi connectivity index (χ0n) is 13.9. The fourth-order valence-electron chi connectivity index (χ4n) is 4.46. The first kappa shape index (κ1) is 16.6. The van der Waals surface area contributed by atoms with Crippen LogP contribution in [0, 0.1) is 5.92 Å². The number of halogens is 1. The van der Waals surface area contributed by atoms with Gasteiger partial charge in [-0.1, -0.05) is 40.9 Å². The molecule has 5 heteroatoms. The second-order valence-corrected chi connectivity index (χ2v) is 8.22. The quantitative estimate of drug-likeness (QED) is 0.839. The average Bonchev–Trinajstić information content (AvgIpc) is 3.06. The van der Waals surface area contributed by atoms with Crippen LogP contribution in [0.5, 0.6) is 0 Å². The first-order valence-electron chi connectivity index (χ1n) is 9.12. The average molecular weight is 393 g/mol. The molecular weight excluding hydrogens is 368 g/mol. The molecule has 3 aliphatic rings. The van der Waals surface area contributed by atoms with E-state index in [1.807, 2.05) is 17.0 Å². The number of carbonyl (C=O) groups is 1. The van der Waals surface area contributed by atoms with E-state index in [1.165, 1.54) is 25.7 Å². The van der Waals surface area contributed by atoms with Gasteiger partial charge in [0.1, 0.15) is 6.10 Å². The van der Waals surface area contributed by atoms with Gasteiger partial charge in [0.2, 0.25) is 5.91 Å². The van der Waals surface area contributed by atoms with Gasteiger partial charge < -0.3 is 15.0 Å². The van der Waals surface area contributed by atoms with Gasteiger partial charge in [-0.2, -0.15) is 0 Å². The molecule has 2 aliphatic heterocycles. The zero-order valence-corrected chi connectivity index (χ0v) is 15.5. The van der Waals surface area contributed by atoms with E-state index in [-0.39, 0.29) is 18.1 Å². The molecule has 1 aromatic carbocycles. The number of morpholine rings is 1. The highest BCUT2D eigenvalue weighted by Crippen LogP contribution is 2.34. The molecular formula is C19H25BrN2O2. The monoisotopic (exact) mass is 392 g/mol. The van der Waals surface area contributed by atoms with Crippen LogP contribution in [0.25, 0.3) is 0 Å². The summed E-state index contributed by atoms with van der Waals surface area (Å²) in [4.78, 5) is 15.0. The highest BCUT2D eigenvalue weighted by Gasteiger charge is 2.40. The number of ether oxygens (including phenoxy) is 1. The highest BCUT2D eigenvalue weighted by atomic mass is 79.9. The van der Waals surface area contributed by atoms with E-state index < -0.39 is 0 Å². The van der Waals surface area contributed by atoms with Gasteiger partial charge in [0.15, 0.2) is 0 Å². The van der Waals surface area contributed by atoms with Crippen LogP contribution in [-0.4, -0.2) is 42.6 Å². The molecule has 0 radical (unpaired) electrons. The summed E-state index contributed by atoms with van der Waals surface area (Å²) >= 11 is 3.47. The summed E-state index contributed by atoms with van der Waals surface area (Å²) in [7, 11) is 0. The number of carbonyl (C=O) groups excluding carboxylic acids is 1. The third-order valence-corrected chi connectivity index (χ3v) is 6.31. The van der Waals surface area contributed by atoms with E-state index >= 15 is 0 Å². The Balaban J connectivity index is 1.40. The van der Waals surface area contributed by atoms with Crippen LogP contribution in [0.3, 0.4) is 0 Å². The van der Waals surface area contributed by atoms with Crippen molar-refractivity contribution in [2.45, 2.75) is 50.3 Å². The summed E-state index contributed by atoms with van der Waals surface area (Å²) in [6, 6.07) is 8.79. The topological polar surface area (TPSA) is 41.6 Å². The fraction of sp³-hybridized carbons (Fsp3) is 0.632. The molecule has 1 amide bonds. The smallest absolute Gasteiger partial charge is 0.239 e. The summed E-state index contributed by atoms with van der Waals surface area (Å²) < 4.78 is 6.97. The minimum Gasteiger partial charge on any atom is -0.370 e. The standard InChI is InChI=1S/C19H25BrN2O2/c20-15-7-5-13(6-8-15)18-12-22(9-10-24-18)19(23)17-11-14-3-1-2-4-16(14)21-17/h5-8,14,16-18,21H,1-4,9-12H2. The number of amides is 1. The molecule has 4 unspecified atom stereocenters. The lowest BCUT2D eigenvalue weighted by atomic mass is 9.85. The summed E-state index contributed by atoms with van der Waals surface area (Å²) in [5.41, 5.74) is 1.14. The summed E-state index contributed by atoms with van der Waals surface area (Å²) in [6.45, 7) is 1.99. The van der Waals surface area contributed by atoms with Crippen LogP contribution in [0.15, 0.2) is 28.7 Å². The van der Waals surface area contributed by atoms with Crippen molar-refractivity contribution in [3.63, 3.8) is 0 Å². The number of nitrogens with zero attached hydrogens (tertiary/aromatic N) is 1. The summed E-state index contributed by atoms with van der Waals surface area (Å²) in [6.07, 6.45) is 6.15. The predicted molar refractivity (Wildman–Crippen MR) is 96.7 cm³/mol. The Labute approximate surface area is 152 Å². The molecule has 2 saturated heterocycles. The van der Waals surface area contributed by atoms with Crippen molar-refractivity contribution in [3.05, 3.63) is 34.3 Å². The maximum absolute atomic E-state index is 13.0. The van der Waals surface area contributed by atoms with Gasteiger partial charge in [-0.25, -0.2) is 0 Å². The number of hydrogen-bond donors (Lipinski definition) is 1. The normalized spacial score (nSPS) is 33.3. The Hall–Kier alpha value is -0.910. The maximum atomic E-state index is 13.0. The van der Waals surface area contributed by atoms with Crippen LogP contribution in [0.1, 0.15) is 43.8 Å². The van der Waals surface area contributed by atoms with Crippen molar-refractivity contribution in [2.75, 3.05) is 19.7 Å². The van der Waals surface area contributed by atoms with Crippen molar-refractivity contribution >= 4 is 21.8 Å². The molecule has 4 atom stereocenters. The molecule has 24 heavy (non-hydrogen) atoms. The molecule has 1 saturated carbocycles. The lowest BCUT2D eigenvalue weighted by Crippen LogP contribution is -2.50. The number of hydrogen-bond acceptors (Lipinski definition) is 3. The predicted octanol–water partition coefficient (Wildman–Crippen LogP) is 3.27. The Morgan fingerprint density at radius 2 is 2.00 bits per heavy atom. The van der Waals surface area contributed by atoms with Crippen LogP contribution in [-0.2, 0) is 9.53 Å². The van der Waals surface area contributed by atoms with Crippen LogP contribution in [0.4, 0.5) is 0 Å². The molecule has 1 aliphatic carbocycles. The summed E-state index contributed by atoms with van der Waals surface area (Å²) in [5.74, 6) is 0.978. The van der Waals surface area contributed by atoms with Gasteiger partial charge in [-0.15, -0.1) is 0 Å². The maximum Gasteiger partial charge on any atom is 0.239 e. The van der Waals surface area contributed by atoms with Crippen molar-refractivity contribution in [3.8, 4) is 0 Å². The molecule has 1 N–H and O–H groups in total. The van der Waals surface area contributed by atoms with Crippen molar-refractivity contribution in [1.82, 2.24) is 10.2 Å². The van der Waals surface area contributed by atoms with Crippen LogP contribution >= 0.6 is 15.9 Å². The molecule has 0 spiro atoms. The van der Waals surface area contributed by atoms with E-state index in [1.54, 1.807) is 0 Å². The Bertz CT molecular complexity index is 578. The molecule has 130 valence electrons. The van der Waals surface area contributed by atoms with Crippen molar-refractivity contribution in [1.29, 1.82) is 0 Å². The zero-order chi connectivity index (χ0) is 16.5. The molecule has 1 aromatic rings. The molecule has 0 aromatic heterocycles. The fourth-order valence-corrected chi connectivity index (χ4v) is 4.72. The van der Waals surface area contributed by atoms with Gasteiger partial charge in [-0.3, -0.25) is 4.79 Å². The lowest BCUT2D eigenvalue weighted by Gasteiger charge is -2.34. The van der Waals surface area contributed by atoms with E-state index in [0.29, 0.717) is 31.7 Å². The lowest BCUT2D eigenvalue weighted by molar-refractivity contribution is -0.141. The Morgan fingerprint density at radius 1 is 1.21 bits per heavy atom. The second kappa shape index (κ2) is 7.14. The van der Waals surface area contributed by atoms with Gasteiger partial charge in [0, 0.05) is 17.1 Å². The second-order valence-electron chi connectivity index (χ2n) is 7.30. The Kier molecular flexibility index (Phi) is 4.93. The molecule has 3 fully saturated rings. The molecule has 4 rings (SSSR count). The van der Waals surface area contributed by atoms with Crippen LogP contribution in [0.2, 0.25) is 0 Å². The number of rotatable bonds is 2. The third-order valence-electron chi connectivity index (χ3n) is 5.78. The van der Waals surface area contributed by atoms with Gasteiger partial charge in [0.05, 0.1) is 19.2 Å². The molecule has 2 heterocycles. The first-order valence-corrected chi connectivity index (χ1v) is 9.92. The minimum absolute atomic E-state index is 0.0144. The van der Waals surface area contributed by atoms with E-state index in [9.17, 15) is 4.79 Å². The SMILES string of the molecule is O=C(C1CC2CCCCC2N1)N1CCOC(c2ccc(Br)cc2)C1. The summed E-state index contributed by atoms with van der Waals surface area (Å²) in [5, 5.41) is 3.61. The first-order chi connectivity index (χ1) is 11.7. The van der Waals surface area contributed by atoms with Gasteiger partial charge >= 0.3 is 0 Å². The molecule has 4 nitrogen and oxygen atoms in total. The van der Waals surface area contributed by atoms with Crippen molar-refractivity contribution in [2.24, 2.45) is 5.92 Å². The van der Waals surface area contributed by atoms with E-state index in [2.05, 4.69) is 33.4 Å². The highest BCUT2D eigenvalue weighted by molar-refractivity contribution is 9.10.